The summed E-state index contributed by atoms with van der Waals surface area (Å²) in [5.74, 6) is -0.297. The van der Waals surface area contributed by atoms with Gasteiger partial charge in [0, 0.05) is 13.6 Å². The highest BCUT2D eigenvalue weighted by molar-refractivity contribution is 7.92. The third-order valence-electron chi connectivity index (χ3n) is 6.15. The van der Waals surface area contributed by atoms with E-state index in [1.165, 1.54) is 31.2 Å². The quantitative estimate of drug-likeness (QED) is 0.416. The summed E-state index contributed by atoms with van der Waals surface area (Å²) < 4.78 is 33.7. The first-order valence-electron chi connectivity index (χ1n) is 12.0. The van der Waals surface area contributed by atoms with Crippen molar-refractivity contribution in [3.8, 4) is 5.75 Å². The molecule has 1 N–H and O–H groups in total. The standard InChI is InChI=1S/C28H33N3O5S/c1-21-10-12-24(13-11-21)31(37(34,35)26-16-14-25(36-4)15-17-26)20-27(32)30(22(2)28(33)29-3)19-18-23-8-6-5-7-9-23/h5-17,22H,18-20H2,1-4H3,(H,29,33). The van der Waals surface area contributed by atoms with Crippen LogP contribution in [0.25, 0.3) is 0 Å². The Morgan fingerprint density at radius 3 is 2.14 bits per heavy atom. The molecule has 3 aromatic rings. The zero-order valence-electron chi connectivity index (χ0n) is 21.5. The molecule has 0 aliphatic rings. The number of likely N-dealkylation sites (N-methyl/N-ethyl adjacent to an activating group) is 1. The number of anilines is 1. The first kappa shape index (κ1) is 27.7. The molecule has 3 rings (SSSR count). The van der Waals surface area contributed by atoms with Gasteiger partial charge in [0.15, 0.2) is 0 Å². The number of ether oxygens (including phenoxy) is 1. The molecular weight excluding hydrogens is 490 g/mol. The molecule has 1 atom stereocenters. The molecule has 3 aromatic carbocycles. The summed E-state index contributed by atoms with van der Waals surface area (Å²) in [6, 6.07) is 21.7. The normalized spacial score (nSPS) is 11.9. The minimum absolute atomic E-state index is 0.0249. The van der Waals surface area contributed by atoms with E-state index < -0.39 is 28.5 Å². The summed E-state index contributed by atoms with van der Waals surface area (Å²) in [6.45, 7) is 3.32. The number of amides is 2. The van der Waals surface area contributed by atoms with Crippen molar-refractivity contribution in [2.45, 2.75) is 31.2 Å². The second-order valence-electron chi connectivity index (χ2n) is 8.64. The fourth-order valence-electron chi connectivity index (χ4n) is 3.89. The van der Waals surface area contributed by atoms with Gasteiger partial charge in [-0.15, -0.1) is 0 Å². The molecule has 0 bridgehead atoms. The number of methoxy groups -OCH3 is 1. The molecule has 0 spiro atoms. The average molecular weight is 524 g/mol. The molecule has 0 aromatic heterocycles. The van der Waals surface area contributed by atoms with Gasteiger partial charge in [0.1, 0.15) is 18.3 Å². The van der Waals surface area contributed by atoms with Gasteiger partial charge in [-0.25, -0.2) is 8.42 Å². The molecule has 1 unspecified atom stereocenters. The van der Waals surface area contributed by atoms with Gasteiger partial charge < -0.3 is 15.0 Å². The van der Waals surface area contributed by atoms with Crippen molar-refractivity contribution in [2.24, 2.45) is 0 Å². The number of hydrogen-bond acceptors (Lipinski definition) is 5. The molecule has 0 radical (unpaired) electrons. The Hall–Kier alpha value is -3.85. The van der Waals surface area contributed by atoms with E-state index in [1.807, 2.05) is 37.3 Å². The van der Waals surface area contributed by atoms with Gasteiger partial charge in [0.25, 0.3) is 10.0 Å². The van der Waals surface area contributed by atoms with Crippen LogP contribution >= 0.6 is 0 Å². The fourth-order valence-corrected chi connectivity index (χ4v) is 5.31. The first-order chi connectivity index (χ1) is 17.7. The van der Waals surface area contributed by atoms with Gasteiger partial charge in [0.2, 0.25) is 11.8 Å². The van der Waals surface area contributed by atoms with Crippen LogP contribution in [-0.2, 0) is 26.0 Å². The Kier molecular flexibility index (Phi) is 9.30. The molecule has 8 nitrogen and oxygen atoms in total. The Balaban J connectivity index is 1.96. The number of hydrogen-bond donors (Lipinski definition) is 1. The van der Waals surface area contributed by atoms with Crippen LogP contribution in [0.3, 0.4) is 0 Å². The third kappa shape index (κ3) is 6.89. The summed E-state index contributed by atoms with van der Waals surface area (Å²) in [5, 5.41) is 2.58. The lowest BCUT2D eigenvalue weighted by atomic mass is 10.1. The maximum Gasteiger partial charge on any atom is 0.264 e. The Labute approximate surface area is 218 Å². The number of aryl methyl sites for hydroxylation is 1. The van der Waals surface area contributed by atoms with Gasteiger partial charge in [0.05, 0.1) is 17.7 Å². The van der Waals surface area contributed by atoms with Crippen LogP contribution in [0.2, 0.25) is 0 Å². The fraction of sp³-hybridized carbons (Fsp3) is 0.286. The molecule has 0 aliphatic heterocycles. The topological polar surface area (TPSA) is 96.0 Å². The molecule has 0 fully saturated rings. The van der Waals surface area contributed by atoms with Gasteiger partial charge in [-0.3, -0.25) is 13.9 Å². The minimum Gasteiger partial charge on any atom is -0.497 e. The van der Waals surface area contributed by atoms with E-state index in [9.17, 15) is 18.0 Å². The lowest BCUT2D eigenvalue weighted by Crippen LogP contribution is -2.51. The summed E-state index contributed by atoms with van der Waals surface area (Å²) >= 11 is 0. The van der Waals surface area contributed by atoms with E-state index in [0.717, 1.165) is 15.4 Å². The summed E-state index contributed by atoms with van der Waals surface area (Å²) in [6.07, 6.45) is 0.518. The summed E-state index contributed by atoms with van der Waals surface area (Å²) in [5.41, 5.74) is 2.31. The van der Waals surface area contributed by atoms with Crippen LogP contribution in [-0.4, -0.2) is 58.4 Å². The van der Waals surface area contributed by atoms with E-state index in [1.54, 1.807) is 43.3 Å². The molecule has 196 valence electrons. The van der Waals surface area contributed by atoms with E-state index in [0.29, 0.717) is 17.9 Å². The van der Waals surface area contributed by atoms with Gasteiger partial charge in [-0.1, -0.05) is 48.0 Å². The Morgan fingerprint density at radius 2 is 1.57 bits per heavy atom. The lowest BCUT2D eigenvalue weighted by molar-refractivity contribution is -0.138. The minimum atomic E-state index is -4.11. The zero-order chi connectivity index (χ0) is 27.0. The molecule has 0 saturated heterocycles. The molecule has 37 heavy (non-hydrogen) atoms. The monoisotopic (exact) mass is 523 g/mol. The van der Waals surface area contributed by atoms with Crippen LogP contribution in [0.1, 0.15) is 18.1 Å². The van der Waals surface area contributed by atoms with Crippen LogP contribution in [0.15, 0.2) is 83.8 Å². The Bertz CT molecular complexity index is 1290. The molecule has 0 aliphatic carbocycles. The third-order valence-corrected chi connectivity index (χ3v) is 7.93. The molecular formula is C28H33N3O5S. The molecule has 2 amide bonds. The van der Waals surface area contributed by atoms with Gasteiger partial charge >= 0.3 is 0 Å². The van der Waals surface area contributed by atoms with Crippen LogP contribution in [0, 0.1) is 6.92 Å². The van der Waals surface area contributed by atoms with Crippen molar-refractivity contribution in [3.05, 3.63) is 90.0 Å². The maximum absolute atomic E-state index is 13.7. The van der Waals surface area contributed by atoms with Crippen LogP contribution in [0.4, 0.5) is 5.69 Å². The van der Waals surface area contributed by atoms with Crippen molar-refractivity contribution < 1.29 is 22.7 Å². The number of benzene rings is 3. The van der Waals surface area contributed by atoms with E-state index >= 15 is 0 Å². The van der Waals surface area contributed by atoms with Crippen molar-refractivity contribution >= 4 is 27.5 Å². The van der Waals surface area contributed by atoms with Crippen molar-refractivity contribution in [1.82, 2.24) is 10.2 Å². The highest BCUT2D eigenvalue weighted by Gasteiger charge is 2.32. The maximum atomic E-state index is 13.7. The van der Waals surface area contributed by atoms with Crippen molar-refractivity contribution in [3.63, 3.8) is 0 Å². The van der Waals surface area contributed by atoms with E-state index in [2.05, 4.69) is 5.32 Å². The highest BCUT2D eigenvalue weighted by atomic mass is 32.2. The van der Waals surface area contributed by atoms with E-state index in [4.69, 9.17) is 4.74 Å². The molecule has 0 heterocycles. The number of carbonyl (C=O) groups is 2. The highest BCUT2D eigenvalue weighted by Crippen LogP contribution is 2.26. The lowest BCUT2D eigenvalue weighted by Gasteiger charge is -2.31. The second-order valence-corrected chi connectivity index (χ2v) is 10.5. The van der Waals surface area contributed by atoms with Crippen molar-refractivity contribution in [1.29, 1.82) is 0 Å². The smallest absolute Gasteiger partial charge is 0.264 e. The predicted octanol–water partition coefficient (Wildman–Crippen LogP) is 3.40. The SMILES string of the molecule is CNC(=O)C(C)N(CCc1ccccc1)C(=O)CN(c1ccc(C)cc1)S(=O)(=O)c1ccc(OC)cc1. The van der Waals surface area contributed by atoms with E-state index in [-0.39, 0.29) is 17.3 Å². The average Bonchev–Trinajstić information content (AvgIpc) is 2.92. The van der Waals surface area contributed by atoms with Crippen molar-refractivity contribution in [2.75, 3.05) is 31.6 Å². The number of nitrogens with zero attached hydrogens (tertiary/aromatic N) is 2. The van der Waals surface area contributed by atoms with Crippen LogP contribution < -0.4 is 14.4 Å². The number of sulfonamides is 1. The van der Waals surface area contributed by atoms with Gasteiger partial charge in [-0.05, 0) is 62.2 Å². The summed E-state index contributed by atoms with van der Waals surface area (Å²) in [4.78, 5) is 27.6. The predicted molar refractivity (Wildman–Crippen MR) is 144 cm³/mol. The molecule has 9 heteroatoms. The van der Waals surface area contributed by atoms with Gasteiger partial charge in [-0.2, -0.15) is 0 Å². The number of nitrogens with one attached hydrogen (secondary N) is 1. The number of carbonyl (C=O) groups excluding carboxylic acids is 2. The number of rotatable bonds is 11. The van der Waals surface area contributed by atoms with Crippen LogP contribution in [0.5, 0.6) is 5.75 Å². The Morgan fingerprint density at radius 1 is 0.946 bits per heavy atom. The zero-order valence-corrected chi connectivity index (χ0v) is 22.4. The summed E-state index contributed by atoms with van der Waals surface area (Å²) in [7, 11) is -1.11. The molecule has 0 saturated carbocycles. The first-order valence-corrected chi connectivity index (χ1v) is 13.4. The largest absolute Gasteiger partial charge is 0.497 e. The second kappa shape index (κ2) is 12.4.